The van der Waals surface area contributed by atoms with Crippen molar-refractivity contribution in [2.24, 2.45) is 0 Å². The maximum absolute atomic E-state index is 5.67. The largest absolute Gasteiger partial charge is 0.156 e. The molecule has 0 N–H and O–H groups in total. The van der Waals surface area contributed by atoms with Crippen molar-refractivity contribution in [2.45, 2.75) is 5.75 Å². The Hall–Kier alpha value is -0.660. The molecule has 0 aliphatic rings. The second-order valence-electron chi connectivity index (χ2n) is 3.38. The Morgan fingerprint density at radius 3 is 2.67 bits per heavy atom. The van der Waals surface area contributed by atoms with Gasteiger partial charge in [0.05, 0.1) is 0 Å². The Morgan fingerprint density at radius 2 is 1.80 bits per heavy atom. The van der Waals surface area contributed by atoms with Gasteiger partial charge in [0.15, 0.2) is 0 Å². The summed E-state index contributed by atoms with van der Waals surface area (Å²) in [5.74, 6) is 2.80. The van der Waals surface area contributed by atoms with Crippen molar-refractivity contribution < 1.29 is 0 Å². The molecule has 2 rings (SSSR count). The summed E-state index contributed by atoms with van der Waals surface area (Å²) in [6.07, 6.45) is 0. The Morgan fingerprint density at radius 1 is 1.00 bits per heavy atom. The number of benzene rings is 2. The molecule has 0 unspecified atom stereocenters. The normalized spacial score (nSPS) is 10.7. The van der Waals surface area contributed by atoms with Gasteiger partial charge in [-0.25, -0.2) is 0 Å². The first-order chi connectivity index (χ1) is 7.42. The second kappa shape index (κ2) is 5.43. The van der Waals surface area contributed by atoms with Gasteiger partial charge >= 0.3 is 0 Å². The second-order valence-corrected chi connectivity index (χ2v) is 4.86. The van der Waals surface area contributed by atoms with Gasteiger partial charge in [-0.1, -0.05) is 42.5 Å². The molecule has 0 aliphatic carbocycles. The molecule has 2 heteroatoms. The lowest BCUT2D eigenvalue weighted by atomic mass is 10.1. The number of hydrogen-bond acceptors (Lipinski definition) is 1. The molecule has 78 valence electrons. The van der Waals surface area contributed by atoms with Crippen LogP contribution in [-0.4, -0.2) is 11.6 Å². The molecule has 15 heavy (non-hydrogen) atoms. The summed E-state index contributed by atoms with van der Waals surface area (Å²) in [7, 11) is 0. The summed E-state index contributed by atoms with van der Waals surface area (Å²) in [5, 5.41) is 2.68. The number of alkyl halides is 1. The number of halogens is 1. The molecular weight excluding hydrogens is 224 g/mol. The lowest BCUT2D eigenvalue weighted by Crippen LogP contribution is -1.86. The van der Waals surface area contributed by atoms with E-state index < -0.39 is 0 Å². The molecule has 2 aromatic carbocycles. The fourth-order valence-corrected chi connectivity index (χ4v) is 2.71. The van der Waals surface area contributed by atoms with Crippen LogP contribution >= 0.6 is 23.4 Å². The lowest BCUT2D eigenvalue weighted by Gasteiger charge is -2.05. The van der Waals surface area contributed by atoms with Crippen LogP contribution in [0.3, 0.4) is 0 Å². The molecule has 0 radical (unpaired) electrons. The predicted octanol–water partition coefficient (Wildman–Crippen LogP) is 4.31. The average molecular weight is 237 g/mol. The third kappa shape index (κ3) is 2.67. The topological polar surface area (TPSA) is 0 Å². The molecule has 0 atom stereocenters. The molecule has 0 nitrogen and oxygen atoms in total. The van der Waals surface area contributed by atoms with Crippen molar-refractivity contribution in [2.75, 3.05) is 11.6 Å². The standard InChI is InChI=1S/C13H13ClS/c14-8-9-15-10-12-6-3-5-11-4-1-2-7-13(11)12/h1-7H,8-10H2. The van der Waals surface area contributed by atoms with E-state index >= 15 is 0 Å². The van der Waals surface area contributed by atoms with Gasteiger partial charge in [0, 0.05) is 17.4 Å². The van der Waals surface area contributed by atoms with Crippen LogP contribution in [-0.2, 0) is 5.75 Å². The first-order valence-electron chi connectivity index (χ1n) is 5.02. The van der Waals surface area contributed by atoms with Crippen molar-refractivity contribution in [3.8, 4) is 0 Å². The molecule has 2 aromatic rings. The van der Waals surface area contributed by atoms with Crippen LogP contribution in [0.25, 0.3) is 10.8 Å². The van der Waals surface area contributed by atoms with Gasteiger partial charge in [-0.2, -0.15) is 11.8 Å². The maximum atomic E-state index is 5.67. The number of thioether (sulfide) groups is 1. The fourth-order valence-electron chi connectivity index (χ4n) is 1.66. The van der Waals surface area contributed by atoms with Crippen LogP contribution in [0.4, 0.5) is 0 Å². The van der Waals surface area contributed by atoms with E-state index in [0.29, 0.717) is 0 Å². The summed E-state index contributed by atoms with van der Waals surface area (Å²) in [5.41, 5.74) is 1.41. The van der Waals surface area contributed by atoms with Gasteiger partial charge in [0.1, 0.15) is 0 Å². The smallest absolute Gasteiger partial charge is 0.0314 e. The zero-order valence-electron chi connectivity index (χ0n) is 8.45. The van der Waals surface area contributed by atoms with E-state index in [0.717, 1.165) is 17.4 Å². The molecule has 0 fully saturated rings. The Kier molecular flexibility index (Phi) is 3.93. The minimum absolute atomic E-state index is 0.732. The van der Waals surface area contributed by atoms with Gasteiger partial charge in [-0.3, -0.25) is 0 Å². The molecule has 0 aliphatic heterocycles. The van der Waals surface area contributed by atoms with Gasteiger partial charge in [0.2, 0.25) is 0 Å². The molecule has 0 spiro atoms. The predicted molar refractivity (Wildman–Crippen MR) is 70.8 cm³/mol. The van der Waals surface area contributed by atoms with E-state index in [1.54, 1.807) is 0 Å². The molecular formula is C13H13ClS. The summed E-state index contributed by atoms with van der Waals surface area (Å²) in [6, 6.07) is 15.0. The highest BCUT2D eigenvalue weighted by Gasteiger charge is 1.99. The minimum atomic E-state index is 0.732. The number of fused-ring (bicyclic) bond motifs is 1. The van der Waals surface area contributed by atoms with E-state index in [1.165, 1.54) is 16.3 Å². The average Bonchev–Trinajstić information content (AvgIpc) is 2.30. The molecule has 0 heterocycles. The van der Waals surface area contributed by atoms with Crippen LogP contribution in [0.1, 0.15) is 5.56 Å². The summed E-state index contributed by atoms with van der Waals surface area (Å²) in [6.45, 7) is 0. The van der Waals surface area contributed by atoms with Crippen LogP contribution < -0.4 is 0 Å². The van der Waals surface area contributed by atoms with Gasteiger partial charge < -0.3 is 0 Å². The van der Waals surface area contributed by atoms with Gasteiger partial charge in [-0.15, -0.1) is 11.6 Å². The van der Waals surface area contributed by atoms with Crippen molar-refractivity contribution in [1.29, 1.82) is 0 Å². The first kappa shape index (κ1) is 10.8. The van der Waals surface area contributed by atoms with E-state index in [1.807, 2.05) is 11.8 Å². The monoisotopic (exact) mass is 236 g/mol. The quantitative estimate of drug-likeness (QED) is 0.563. The zero-order chi connectivity index (χ0) is 10.5. The number of rotatable bonds is 4. The molecule has 0 saturated heterocycles. The third-order valence-corrected chi connectivity index (χ3v) is 3.78. The van der Waals surface area contributed by atoms with Crippen molar-refractivity contribution >= 4 is 34.1 Å². The fraction of sp³-hybridized carbons (Fsp3) is 0.231. The highest BCUT2D eigenvalue weighted by molar-refractivity contribution is 7.98. The Labute approximate surface area is 99.6 Å². The molecule has 0 saturated carbocycles. The SMILES string of the molecule is ClCCSCc1cccc2ccccc12. The van der Waals surface area contributed by atoms with E-state index in [9.17, 15) is 0 Å². The van der Waals surface area contributed by atoms with Crippen molar-refractivity contribution in [3.63, 3.8) is 0 Å². The highest BCUT2D eigenvalue weighted by Crippen LogP contribution is 2.22. The Bertz CT molecular complexity index is 434. The van der Waals surface area contributed by atoms with Crippen molar-refractivity contribution in [1.82, 2.24) is 0 Å². The summed E-state index contributed by atoms with van der Waals surface area (Å²) >= 11 is 7.55. The minimum Gasteiger partial charge on any atom is -0.156 e. The maximum Gasteiger partial charge on any atom is 0.0314 e. The lowest BCUT2D eigenvalue weighted by molar-refractivity contribution is 1.43. The molecule has 0 aromatic heterocycles. The van der Waals surface area contributed by atoms with E-state index in [2.05, 4.69) is 42.5 Å². The van der Waals surface area contributed by atoms with Crippen molar-refractivity contribution in [3.05, 3.63) is 48.0 Å². The van der Waals surface area contributed by atoms with Crippen LogP contribution in [0, 0.1) is 0 Å². The van der Waals surface area contributed by atoms with E-state index in [4.69, 9.17) is 11.6 Å². The third-order valence-electron chi connectivity index (χ3n) is 2.36. The first-order valence-corrected chi connectivity index (χ1v) is 6.71. The van der Waals surface area contributed by atoms with Crippen LogP contribution in [0.5, 0.6) is 0 Å². The highest BCUT2D eigenvalue weighted by atomic mass is 35.5. The molecule has 0 amide bonds. The summed E-state index contributed by atoms with van der Waals surface area (Å²) in [4.78, 5) is 0. The van der Waals surface area contributed by atoms with Gasteiger partial charge in [0.25, 0.3) is 0 Å². The molecule has 0 bridgehead atoms. The number of hydrogen-bond donors (Lipinski definition) is 0. The van der Waals surface area contributed by atoms with E-state index in [-0.39, 0.29) is 0 Å². The Balaban J connectivity index is 2.26. The van der Waals surface area contributed by atoms with Crippen LogP contribution in [0.15, 0.2) is 42.5 Å². The zero-order valence-corrected chi connectivity index (χ0v) is 10.0. The summed E-state index contributed by atoms with van der Waals surface area (Å²) < 4.78 is 0. The van der Waals surface area contributed by atoms with Gasteiger partial charge in [-0.05, 0) is 16.3 Å². The van der Waals surface area contributed by atoms with Crippen LogP contribution in [0.2, 0.25) is 0 Å².